The third-order valence-electron chi connectivity index (χ3n) is 3.52. The van der Waals surface area contributed by atoms with Crippen molar-refractivity contribution >= 4 is 16.9 Å². The maximum absolute atomic E-state index is 9.53. The Bertz CT molecular complexity index is 515. The molecule has 0 aliphatic heterocycles. The normalized spacial score (nSPS) is 11.7. The van der Waals surface area contributed by atoms with Crippen LogP contribution in [-0.2, 0) is 0 Å². The smallest absolute Gasteiger partial charge is 0.223 e. The highest BCUT2D eigenvalue weighted by atomic mass is 16.3. The van der Waals surface area contributed by atoms with Gasteiger partial charge in [0.2, 0.25) is 5.95 Å². The van der Waals surface area contributed by atoms with Gasteiger partial charge in [-0.3, -0.25) is 0 Å². The Balaban J connectivity index is 2.31. The van der Waals surface area contributed by atoms with E-state index in [0.29, 0.717) is 5.95 Å². The quantitative estimate of drug-likeness (QED) is 0.850. The summed E-state index contributed by atoms with van der Waals surface area (Å²) < 4.78 is 0. The van der Waals surface area contributed by atoms with Crippen LogP contribution >= 0.6 is 0 Å². The number of benzene rings is 1. The summed E-state index contributed by atoms with van der Waals surface area (Å²) in [6.07, 6.45) is 3.46. The van der Waals surface area contributed by atoms with E-state index in [1.54, 1.807) is 6.20 Å². The number of aliphatic hydroxyl groups is 1. The molecule has 2 aromatic rings. The lowest BCUT2D eigenvalue weighted by Gasteiger charge is -2.30. The van der Waals surface area contributed by atoms with Gasteiger partial charge in [-0.15, -0.1) is 0 Å². The fourth-order valence-corrected chi connectivity index (χ4v) is 1.96. The number of nitrogens with zero attached hydrogens (tertiary/aromatic N) is 2. The third-order valence-corrected chi connectivity index (χ3v) is 3.52. The van der Waals surface area contributed by atoms with E-state index in [1.165, 1.54) is 0 Å². The largest absolute Gasteiger partial charge is 0.394 e. The van der Waals surface area contributed by atoms with E-state index in [-0.39, 0.29) is 12.1 Å². The van der Waals surface area contributed by atoms with Gasteiger partial charge in [0.15, 0.2) is 0 Å². The second-order valence-corrected chi connectivity index (χ2v) is 4.52. The van der Waals surface area contributed by atoms with Gasteiger partial charge in [0.1, 0.15) is 0 Å². The van der Waals surface area contributed by atoms with Crippen LogP contribution in [0, 0.1) is 0 Å². The second kappa shape index (κ2) is 5.31. The van der Waals surface area contributed by atoms with Crippen LogP contribution in [0.15, 0.2) is 30.5 Å². The number of fused-ring (bicyclic) bond motifs is 1. The van der Waals surface area contributed by atoms with Crippen LogP contribution in [-0.4, -0.2) is 27.2 Å². The Labute approximate surface area is 107 Å². The van der Waals surface area contributed by atoms with Crippen molar-refractivity contribution in [1.82, 2.24) is 9.97 Å². The third kappa shape index (κ3) is 2.43. The first-order chi connectivity index (χ1) is 8.73. The highest BCUT2D eigenvalue weighted by Crippen LogP contribution is 2.20. The zero-order chi connectivity index (χ0) is 13.0. The molecule has 1 aromatic carbocycles. The Morgan fingerprint density at radius 1 is 1.22 bits per heavy atom. The molecular weight excluding hydrogens is 226 g/mol. The molecule has 1 aromatic heterocycles. The van der Waals surface area contributed by atoms with Gasteiger partial charge in [-0.1, -0.05) is 32.0 Å². The van der Waals surface area contributed by atoms with Gasteiger partial charge in [0, 0.05) is 11.6 Å². The fourth-order valence-electron chi connectivity index (χ4n) is 1.96. The average Bonchev–Trinajstić information content (AvgIpc) is 2.45. The molecule has 0 aliphatic carbocycles. The molecule has 1 heterocycles. The molecule has 18 heavy (non-hydrogen) atoms. The zero-order valence-electron chi connectivity index (χ0n) is 10.8. The molecule has 0 bridgehead atoms. The van der Waals surface area contributed by atoms with Crippen LogP contribution in [0.25, 0.3) is 10.9 Å². The summed E-state index contributed by atoms with van der Waals surface area (Å²) in [6.45, 7) is 4.18. The molecule has 2 N–H and O–H groups in total. The molecule has 0 saturated heterocycles. The molecule has 0 amide bonds. The van der Waals surface area contributed by atoms with E-state index in [1.807, 2.05) is 38.1 Å². The first-order valence-electron chi connectivity index (χ1n) is 6.34. The van der Waals surface area contributed by atoms with Crippen molar-refractivity contribution in [2.45, 2.75) is 32.2 Å². The standard InChI is InChI=1S/C14H19N3O/c1-3-14(4-2,10-18)17-13-15-9-11-7-5-6-8-12(11)16-13/h5-9,18H,3-4,10H2,1-2H3,(H,15,16,17). The summed E-state index contributed by atoms with van der Waals surface area (Å²) >= 11 is 0. The summed E-state index contributed by atoms with van der Waals surface area (Å²) in [7, 11) is 0. The van der Waals surface area contributed by atoms with Crippen LogP contribution in [0.4, 0.5) is 5.95 Å². The molecule has 0 radical (unpaired) electrons. The number of rotatable bonds is 5. The van der Waals surface area contributed by atoms with Crippen LogP contribution < -0.4 is 5.32 Å². The monoisotopic (exact) mass is 245 g/mol. The minimum atomic E-state index is -0.331. The van der Waals surface area contributed by atoms with E-state index in [2.05, 4.69) is 15.3 Å². The van der Waals surface area contributed by atoms with Crippen LogP contribution in [0.1, 0.15) is 26.7 Å². The summed E-state index contributed by atoms with van der Waals surface area (Å²) in [5, 5.41) is 13.8. The van der Waals surface area contributed by atoms with Gasteiger partial charge in [0.25, 0.3) is 0 Å². The van der Waals surface area contributed by atoms with E-state index in [0.717, 1.165) is 23.7 Å². The van der Waals surface area contributed by atoms with Gasteiger partial charge >= 0.3 is 0 Å². The van der Waals surface area contributed by atoms with Crippen molar-refractivity contribution in [2.75, 3.05) is 11.9 Å². The summed E-state index contributed by atoms with van der Waals surface area (Å²) in [6, 6.07) is 7.87. The maximum atomic E-state index is 9.53. The van der Waals surface area contributed by atoms with Crippen molar-refractivity contribution in [1.29, 1.82) is 0 Å². The van der Waals surface area contributed by atoms with E-state index in [4.69, 9.17) is 0 Å². The summed E-state index contributed by atoms with van der Waals surface area (Å²) in [5.74, 6) is 0.575. The lowest BCUT2D eigenvalue weighted by Crippen LogP contribution is -2.41. The number of hydrogen-bond donors (Lipinski definition) is 2. The topological polar surface area (TPSA) is 58.0 Å². The van der Waals surface area contributed by atoms with Crippen molar-refractivity contribution in [3.05, 3.63) is 30.5 Å². The Hall–Kier alpha value is -1.68. The highest BCUT2D eigenvalue weighted by molar-refractivity contribution is 5.78. The molecule has 4 nitrogen and oxygen atoms in total. The van der Waals surface area contributed by atoms with Gasteiger partial charge < -0.3 is 10.4 Å². The number of hydrogen-bond acceptors (Lipinski definition) is 4. The van der Waals surface area contributed by atoms with Crippen LogP contribution in [0.3, 0.4) is 0 Å². The van der Waals surface area contributed by atoms with Gasteiger partial charge in [0.05, 0.1) is 17.7 Å². The molecule has 0 unspecified atom stereocenters. The van der Waals surface area contributed by atoms with Gasteiger partial charge in [-0.2, -0.15) is 0 Å². The van der Waals surface area contributed by atoms with Crippen molar-refractivity contribution in [2.24, 2.45) is 0 Å². The number of para-hydroxylation sites is 1. The zero-order valence-corrected chi connectivity index (χ0v) is 10.8. The Kier molecular flexibility index (Phi) is 3.77. The minimum absolute atomic E-state index is 0.0796. The number of aliphatic hydroxyl groups excluding tert-OH is 1. The second-order valence-electron chi connectivity index (χ2n) is 4.52. The number of anilines is 1. The van der Waals surface area contributed by atoms with E-state index in [9.17, 15) is 5.11 Å². The van der Waals surface area contributed by atoms with Gasteiger partial charge in [-0.25, -0.2) is 9.97 Å². The molecule has 0 atom stereocenters. The maximum Gasteiger partial charge on any atom is 0.223 e. The Morgan fingerprint density at radius 2 is 1.94 bits per heavy atom. The van der Waals surface area contributed by atoms with E-state index >= 15 is 0 Å². The molecule has 4 heteroatoms. The molecule has 0 fully saturated rings. The lowest BCUT2D eigenvalue weighted by atomic mass is 9.94. The molecule has 0 saturated carbocycles. The highest BCUT2D eigenvalue weighted by Gasteiger charge is 2.25. The molecular formula is C14H19N3O. The molecule has 0 spiro atoms. The predicted molar refractivity (Wildman–Crippen MR) is 73.6 cm³/mol. The molecule has 0 aliphatic rings. The molecule has 96 valence electrons. The first kappa shape index (κ1) is 12.8. The number of nitrogens with one attached hydrogen (secondary N) is 1. The summed E-state index contributed by atoms with van der Waals surface area (Å²) in [4.78, 5) is 8.77. The van der Waals surface area contributed by atoms with Crippen molar-refractivity contribution in [3.63, 3.8) is 0 Å². The van der Waals surface area contributed by atoms with Crippen molar-refractivity contribution in [3.8, 4) is 0 Å². The first-order valence-corrected chi connectivity index (χ1v) is 6.34. The van der Waals surface area contributed by atoms with E-state index < -0.39 is 0 Å². The predicted octanol–water partition coefficient (Wildman–Crippen LogP) is 2.59. The SMILES string of the molecule is CCC(CC)(CO)Nc1ncc2ccccc2n1. The summed E-state index contributed by atoms with van der Waals surface area (Å²) in [5.41, 5.74) is 0.580. The Morgan fingerprint density at radius 3 is 2.61 bits per heavy atom. The molecule has 2 rings (SSSR count). The lowest BCUT2D eigenvalue weighted by molar-refractivity contribution is 0.201. The average molecular weight is 245 g/mol. The number of aromatic nitrogens is 2. The minimum Gasteiger partial charge on any atom is -0.394 e. The fraction of sp³-hybridized carbons (Fsp3) is 0.429. The van der Waals surface area contributed by atoms with Crippen molar-refractivity contribution < 1.29 is 5.11 Å². The van der Waals surface area contributed by atoms with Gasteiger partial charge in [-0.05, 0) is 18.9 Å². The van der Waals surface area contributed by atoms with Crippen LogP contribution in [0.2, 0.25) is 0 Å². The van der Waals surface area contributed by atoms with Crippen LogP contribution in [0.5, 0.6) is 0 Å².